The Labute approximate surface area is 189 Å². The van der Waals surface area contributed by atoms with Crippen molar-refractivity contribution < 1.29 is 19.1 Å². The third kappa shape index (κ3) is 7.87. The van der Waals surface area contributed by atoms with Crippen molar-refractivity contribution in [3.8, 4) is 0 Å². The van der Waals surface area contributed by atoms with Gasteiger partial charge in [-0.3, -0.25) is 14.4 Å². The number of benzene rings is 2. The van der Waals surface area contributed by atoms with Crippen LogP contribution in [0.5, 0.6) is 0 Å². The van der Waals surface area contributed by atoms with Crippen molar-refractivity contribution in [3.63, 3.8) is 0 Å². The molecule has 2 rings (SSSR count). The van der Waals surface area contributed by atoms with Crippen LogP contribution in [0, 0.1) is 0 Å². The number of amides is 1. The Kier molecular flexibility index (Phi) is 8.87. The van der Waals surface area contributed by atoms with Crippen molar-refractivity contribution in [2.45, 2.75) is 57.5 Å². The van der Waals surface area contributed by atoms with E-state index in [0.29, 0.717) is 17.0 Å². The molecule has 1 N–H and O–H groups in total. The van der Waals surface area contributed by atoms with E-state index in [1.165, 1.54) is 24.2 Å². The first-order valence-corrected chi connectivity index (χ1v) is 11.4. The molecule has 0 aliphatic rings. The lowest BCUT2D eigenvalue weighted by Crippen LogP contribution is -2.24. The minimum Gasteiger partial charge on any atom is -0.465 e. The van der Waals surface area contributed by atoms with E-state index in [-0.39, 0.29) is 36.1 Å². The first-order valence-electron chi connectivity index (χ1n) is 10.4. The van der Waals surface area contributed by atoms with Crippen LogP contribution in [-0.2, 0) is 25.5 Å². The zero-order valence-electron chi connectivity index (χ0n) is 18.9. The third-order valence-electron chi connectivity index (χ3n) is 4.72. The van der Waals surface area contributed by atoms with E-state index in [2.05, 4.69) is 50.4 Å². The molecule has 0 aromatic heterocycles. The van der Waals surface area contributed by atoms with Crippen LogP contribution in [0.1, 0.15) is 62.5 Å². The van der Waals surface area contributed by atoms with Gasteiger partial charge in [-0.1, -0.05) is 45.0 Å². The zero-order valence-corrected chi connectivity index (χ0v) is 19.7. The number of hydrogen-bond donors (Lipinski definition) is 1. The Morgan fingerprint density at radius 2 is 1.61 bits per heavy atom. The van der Waals surface area contributed by atoms with Crippen LogP contribution in [0.4, 0.5) is 5.69 Å². The Morgan fingerprint density at radius 1 is 1.00 bits per heavy atom. The van der Waals surface area contributed by atoms with Crippen LogP contribution in [-0.4, -0.2) is 29.5 Å². The summed E-state index contributed by atoms with van der Waals surface area (Å²) in [4.78, 5) is 36.3. The summed E-state index contributed by atoms with van der Waals surface area (Å²) >= 11 is 1.42. The topological polar surface area (TPSA) is 72.5 Å². The van der Waals surface area contributed by atoms with Gasteiger partial charge in [0.15, 0.2) is 5.78 Å². The Bertz CT molecular complexity index is 899. The summed E-state index contributed by atoms with van der Waals surface area (Å²) in [6, 6.07) is 15.0. The molecule has 0 bridgehead atoms. The van der Waals surface area contributed by atoms with Gasteiger partial charge in [-0.05, 0) is 47.7 Å². The van der Waals surface area contributed by atoms with E-state index >= 15 is 0 Å². The van der Waals surface area contributed by atoms with Crippen LogP contribution in [0.2, 0.25) is 0 Å². The molecule has 0 unspecified atom stereocenters. The van der Waals surface area contributed by atoms with E-state index in [1.807, 2.05) is 0 Å². The average Bonchev–Trinajstić information content (AvgIpc) is 2.70. The third-order valence-corrected chi connectivity index (χ3v) is 5.98. The number of esters is 1. The number of anilines is 1. The van der Waals surface area contributed by atoms with Crippen LogP contribution in [0.25, 0.3) is 0 Å². The quantitative estimate of drug-likeness (QED) is 0.418. The van der Waals surface area contributed by atoms with Crippen molar-refractivity contribution in [2.75, 3.05) is 11.9 Å². The van der Waals surface area contributed by atoms with Crippen molar-refractivity contribution in [1.29, 1.82) is 0 Å². The van der Waals surface area contributed by atoms with E-state index in [9.17, 15) is 14.4 Å². The molecule has 0 heterocycles. The number of Topliss-reactive ketones (excluding diaryl/α,β-unsaturated/α-hetero) is 1. The summed E-state index contributed by atoms with van der Waals surface area (Å²) in [7, 11) is 0. The van der Waals surface area contributed by atoms with Gasteiger partial charge < -0.3 is 10.1 Å². The fourth-order valence-corrected chi connectivity index (χ4v) is 4.03. The number of nitrogens with one attached hydrogen (secondary N) is 1. The lowest BCUT2D eigenvalue weighted by atomic mass is 9.87. The minimum atomic E-state index is -0.579. The number of hydrogen-bond acceptors (Lipinski definition) is 5. The van der Waals surface area contributed by atoms with E-state index in [0.717, 1.165) is 5.56 Å². The van der Waals surface area contributed by atoms with Gasteiger partial charge in [-0.2, -0.15) is 0 Å². The van der Waals surface area contributed by atoms with Crippen LogP contribution >= 0.6 is 11.8 Å². The number of rotatable bonds is 9. The lowest BCUT2D eigenvalue weighted by Gasteiger charge is -2.19. The van der Waals surface area contributed by atoms with Gasteiger partial charge >= 0.3 is 5.97 Å². The second-order valence-electron chi connectivity index (χ2n) is 8.38. The van der Waals surface area contributed by atoms with E-state index < -0.39 is 5.25 Å². The Hall–Kier alpha value is -2.60. The molecule has 31 heavy (non-hydrogen) atoms. The number of carbonyl (C=O) groups excluding carboxylic acids is 3. The fraction of sp³-hybridized carbons (Fsp3) is 0.400. The minimum absolute atomic E-state index is 0.0586. The molecule has 1 atom stereocenters. The Balaban J connectivity index is 2.05. The summed E-state index contributed by atoms with van der Waals surface area (Å²) in [5.41, 5.74) is 3.55. The molecule has 6 heteroatoms. The molecule has 5 nitrogen and oxygen atoms in total. The standard InChI is InChI=1S/C25H31NO4S/c1-6-30-24(29)23(31-16-18-7-11-20(12-8-18)25(3,4)5)15-22(28)19-9-13-21(14-10-19)26-17(2)27/h7-14,23H,6,15-16H2,1-5H3,(H,26,27)/t23-/m0/s1. The predicted molar refractivity (Wildman–Crippen MR) is 127 cm³/mol. The van der Waals surface area contributed by atoms with Gasteiger partial charge in [0.05, 0.1) is 6.61 Å². The zero-order chi connectivity index (χ0) is 23.0. The maximum Gasteiger partial charge on any atom is 0.319 e. The highest BCUT2D eigenvalue weighted by atomic mass is 32.2. The average molecular weight is 442 g/mol. The molecule has 2 aromatic rings. The first kappa shape index (κ1) is 24.7. The first-order chi connectivity index (χ1) is 14.6. The molecule has 0 saturated heterocycles. The number of ether oxygens (including phenoxy) is 1. The highest BCUT2D eigenvalue weighted by Crippen LogP contribution is 2.26. The molecular weight excluding hydrogens is 410 g/mol. The predicted octanol–water partition coefficient (Wildman–Crippen LogP) is 5.38. The number of ketones is 1. The summed E-state index contributed by atoms with van der Waals surface area (Å²) in [5.74, 6) is -0.0683. The van der Waals surface area contributed by atoms with Gasteiger partial charge in [-0.15, -0.1) is 11.8 Å². The van der Waals surface area contributed by atoms with Crippen LogP contribution in [0.3, 0.4) is 0 Å². The molecule has 0 saturated carbocycles. The summed E-state index contributed by atoms with van der Waals surface area (Å²) in [6.07, 6.45) is 0.0586. The molecule has 0 radical (unpaired) electrons. The summed E-state index contributed by atoms with van der Waals surface area (Å²) in [6.45, 7) is 9.96. The normalized spacial score (nSPS) is 12.2. The van der Waals surface area contributed by atoms with Crippen molar-refractivity contribution in [3.05, 3.63) is 65.2 Å². The maximum atomic E-state index is 12.8. The van der Waals surface area contributed by atoms with E-state index in [4.69, 9.17) is 4.74 Å². The molecule has 1 amide bonds. The van der Waals surface area contributed by atoms with Gasteiger partial charge in [0, 0.05) is 30.3 Å². The van der Waals surface area contributed by atoms with Gasteiger partial charge in [0.2, 0.25) is 5.91 Å². The largest absolute Gasteiger partial charge is 0.465 e. The smallest absolute Gasteiger partial charge is 0.319 e. The molecule has 2 aromatic carbocycles. The Morgan fingerprint density at radius 3 is 2.13 bits per heavy atom. The van der Waals surface area contributed by atoms with Crippen LogP contribution < -0.4 is 5.32 Å². The highest BCUT2D eigenvalue weighted by Gasteiger charge is 2.24. The molecule has 0 aliphatic heterocycles. The van der Waals surface area contributed by atoms with Crippen molar-refractivity contribution in [2.24, 2.45) is 0 Å². The number of thioether (sulfide) groups is 1. The molecule has 0 spiro atoms. The maximum absolute atomic E-state index is 12.8. The van der Waals surface area contributed by atoms with E-state index in [1.54, 1.807) is 31.2 Å². The van der Waals surface area contributed by atoms with Gasteiger partial charge in [0.25, 0.3) is 0 Å². The molecule has 0 aliphatic carbocycles. The lowest BCUT2D eigenvalue weighted by molar-refractivity contribution is -0.142. The van der Waals surface area contributed by atoms with Crippen molar-refractivity contribution >= 4 is 35.1 Å². The van der Waals surface area contributed by atoms with Crippen molar-refractivity contribution in [1.82, 2.24) is 0 Å². The molecule has 166 valence electrons. The second kappa shape index (κ2) is 11.1. The molecular formula is C25H31NO4S. The summed E-state index contributed by atoms with van der Waals surface area (Å²) < 4.78 is 5.20. The highest BCUT2D eigenvalue weighted by molar-refractivity contribution is 7.99. The monoisotopic (exact) mass is 441 g/mol. The second-order valence-corrected chi connectivity index (χ2v) is 9.58. The van der Waals surface area contributed by atoms with Gasteiger partial charge in [-0.25, -0.2) is 0 Å². The fourth-order valence-electron chi connectivity index (χ4n) is 2.97. The number of carbonyl (C=O) groups is 3. The van der Waals surface area contributed by atoms with Crippen LogP contribution in [0.15, 0.2) is 48.5 Å². The SMILES string of the molecule is CCOC(=O)[C@H](CC(=O)c1ccc(NC(C)=O)cc1)SCc1ccc(C(C)(C)C)cc1. The van der Waals surface area contributed by atoms with Gasteiger partial charge in [0.1, 0.15) is 5.25 Å². The molecule has 0 fully saturated rings. The summed E-state index contributed by atoms with van der Waals surface area (Å²) in [5, 5.41) is 2.09.